The molecular weight excluding hydrogens is 579 g/mol. The first kappa shape index (κ1) is 29.9. The van der Waals surface area contributed by atoms with Gasteiger partial charge in [0.1, 0.15) is 11.6 Å². The van der Waals surface area contributed by atoms with Crippen molar-refractivity contribution in [2.24, 2.45) is 7.05 Å². The Hall–Kier alpha value is -3.60. The standard InChI is InChI=1S/C30H34Cl2N6O4/c1-18-14-22(32)15-19(2)27(18)42-25-8-7-21(31)17-23(25)33-28(39)30(41)37-12-10-36(11-13-37)24-6-5-9-38(29(24)40)26-16-20(3)34-35(26)4/h7-8,14-17,24H,5-6,9-13H2,1-4H3,(H,33,39). The quantitative estimate of drug-likeness (QED) is 0.418. The van der Waals surface area contributed by atoms with Gasteiger partial charge in [-0.3, -0.25) is 28.9 Å². The summed E-state index contributed by atoms with van der Waals surface area (Å²) in [5.41, 5.74) is 2.80. The van der Waals surface area contributed by atoms with Crippen molar-refractivity contribution < 1.29 is 19.1 Å². The van der Waals surface area contributed by atoms with E-state index in [0.717, 1.165) is 35.5 Å². The van der Waals surface area contributed by atoms with Crippen LogP contribution in [0.4, 0.5) is 11.5 Å². The van der Waals surface area contributed by atoms with E-state index >= 15 is 0 Å². The van der Waals surface area contributed by atoms with E-state index in [0.29, 0.717) is 54.3 Å². The monoisotopic (exact) mass is 612 g/mol. The van der Waals surface area contributed by atoms with Crippen LogP contribution in [0.1, 0.15) is 29.7 Å². The molecular formula is C30H34Cl2N6O4. The third kappa shape index (κ3) is 6.25. The van der Waals surface area contributed by atoms with Gasteiger partial charge in [-0.2, -0.15) is 5.10 Å². The molecule has 1 atom stereocenters. The normalized spacial score (nSPS) is 17.9. The van der Waals surface area contributed by atoms with E-state index in [4.69, 9.17) is 27.9 Å². The molecule has 3 aromatic rings. The van der Waals surface area contributed by atoms with Crippen molar-refractivity contribution in [1.82, 2.24) is 19.6 Å². The van der Waals surface area contributed by atoms with Crippen LogP contribution < -0.4 is 15.0 Å². The Balaban J connectivity index is 1.22. The number of hydrogen-bond acceptors (Lipinski definition) is 6. The fraction of sp³-hybridized carbons (Fsp3) is 0.400. The molecule has 2 aliphatic heterocycles. The number of amides is 3. The average molecular weight is 614 g/mol. The number of anilines is 2. The molecule has 2 fully saturated rings. The number of ether oxygens (including phenoxy) is 1. The van der Waals surface area contributed by atoms with Gasteiger partial charge >= 0.3 is 11.8 Å². The highest BCUT2D eigenvalue weighted by Crippen LogP contribution is 2.36. The van der Waals surface area contributed by atoms with Gasteiger partial charge in [-0.05, 0) is 75.1 Å². The molecule has 12 heteroatoms. The number of hydrogen-bond donors (Lipinski definition) is 1. The van der Waals surface area contributed by atoms with E-state index in [2.05, 4.69) is 15.3 Å². The zero-order chi connectivity index (χ0) is 30.1. The zero-order valence-corrected chi connectivity index (χ0v) is 25.6. The Morgan fingerprint density at radius 1 is 0.952 bits per heavy atom. The van der Waals surface area contributed by atoms with Crippen LogP contribution in [0.25, 0.3) is 0 Å². The van der Waals surface area contributed by atoms with Crippen LogP contribution in [0.15, 0.2) is 36.4 Å². The number of rotatable bonds is 5. The summed E-state index contributed by atoms with van der Waals surface area (Å²) in [5.74, 6) is 0.352. The van der Waals surface area contributed by atoms with Crippen molar-refractivity contribution >= 4 is 52.4 Å². The maximum absolute atomic E-state index is 13.4. The summed E-state index contributed by atoms with van der Waals surface area (Å²) in [4.78, 5) is 45.1. The molecule has 3 amide bonds. The summed E-state index contributed by atoms with van der Waals surface area (Å²) in [6.07, 6.45) is 1.63. The predicted molar refractivity (Wildman–Crippen MR) is 163 cm³/mol. The Morgan fingerprint density at radius 3 is 2.29 bits per heavy atom. The molecule has 0 aliphatic carbocycles. The molecule has 2 aromatic carbocycles. The van der Waals surface area contributed by atoms with Gasteiger partial charge in [0.25, 0.3) is 0 Å². The summed E-state index contributed by atoms with van der Waals surface area (Å²) in [6.45, 7) is 7.98. The fourth-order valence-electron chi connectivity index (χ4n) is 5.69. The summed E-state index contributed by atoms with van der Waals surface area (Å²) in [5, 5.41) is 8.05. The number of carbonyl (C=O) groups is 3. The number of aromatic nitrogens is 2. The number of nitrogens with one attached hydrogen (secondary N) is 1. The Bertz CT molecular complexity index is 1510. The molecule has 222 valence electrons. The van der Waals surface area contributed by atoms with Crippen LogP contribution in [0.3, 0.4) is 0 Å². The highest BCUT2D eigenvalue weighted by Gasteiger charge is 2.37. The van der Waals surface area contributed by atoms with Gasteiger partial charge in [-0.25, -0.2) is 0 Å². The first-order chi connectivity index (χ1) is 20.0. The number of piperazine rings is 1. The minimum absolute atomic E-state index is 0.0430. The molecule has 5 rings (SSSR count). The lowest BCUT2D eigenvalue weighted by Crippen LogP contribution is -2.59. The van der Waals surface area contributed by atoms with E-state index in [-0.39, 0.29) is 17.6 Å². The van der Waals surface area contributed by atoms with Gasteiger partial charge in [0.2, 0.25) is 5.91 Å². The van der Waals surface area contributed by atoms with Gasteiger partial charge in [-0.15, -0.1) is 0 Å². The fourth-order valence-corrected chi connectivity index (χ4v) is 6.18. The van der Waals surface area contributed by atoms with E-state index in [1.165, 1.54) is 4.90 Å². The second-order valence-corrected chi connectivity index (χ2v) is 11.7. The number of aryl methyl sites for hydroxylation is 4. The maximum atomic E-state index is 13.4. The van der Waals surface area contributed by atoms with Crippen LogP contribution in [-0.4, -0.2) is 76.1 Å². The lowest BCUT2D eigenvalue weighted by atomic mass is 10.0. The van der Waals surface area contributed by atoms with Crippen molar-refractivity contribution in [2.75, 3.05) is 42.9 Å². The van der Waals surface area contributed by atoms with Gasteiger partial charge < -0.3 is 15.0 Å². The molecule has 3 heterocycles. The predicted octanol–water partition coefficient (Wildman–Crippen LogP) is 4.72. The third-order valence-corrected chi connectivity index (χ3v) is 8.18. The minimum atomic E-state index is -0.786. The molecule has 0 bridgehead atoms. The average Bonchev–Trinajstić information content (AvgIpc) is 3.28. The molecule has 42 heavy (non-hydrogen) atoms. The summed E-state index contributed by atoms with van der Waals surface area (Å²) in [7, 11) is 1.84. The highest BCUT2D eigenvalue weighted by atomic mass is 35.5. The summed E-state index contributed by atoms with van der Waals surface area (Å²) >= 11 is 12.4. The van der Waals surface area contributed by atoms with Crippen LogP contribution in [0, 0.1) is 20.8 Å². The van der Waals surface area contributed by atoms with Crippen molar-refractivity contribution in [3.8, 4) is 11.5 Å². The van der Waals surface area contributed by atoms with E-state index in [1.807, 2.05) is 33.9 Å². The first-order valence-corrected chi connectivity index (χ1v) is 14.7. The van der Waals surface area contributed by atoms with Crippen LogP contribution >= 0.6 is 23.2 Å². The highest BCUT2D eigenvalue weighted by molar-refractivity contribution is 6.40. The van der Waals surface area contributed by atoms with E-state index in [1.54, 1.807) is 39.9 Å². The number of piperidine rings is 1. The van der Waals surface area contributed by atoms with Crippen LogP contribution in [0.5, 0.6) is 11.5 Å². The van der Waals surface area contributed by atoms with Gasteiger partial charge in [0, 0.05) is 55.9 Å². The van der Waals surface area contributed by atoms with E-state index in [9.17, 15) is 14.4 Å². The number of nitrogens with zero attached hydrogens (tertiary/aromatic N) is 5. The number of benzene rings is 2. The molecule has 0 saturated carbocycles. The molecule has 0 radical (unpaired) electrons. The first-order valence-electron chi connectivity index (χ1n) is 13.9. The summed E-state index contributed by atoms with van der Waals surface area (Å²) in [6, 6.07) is 10.1. The molecule has 1 aromatic heterocycles. The lowest BCUT2D eigenvalue weighted by Gasteiger charge is -2.42. The van der Waals surface area contributed by atoms with Crippen LogP contribution in [0.2, 0.25) is 10.0 Å². The van der Waals surface area contributed by atoms with Gasteiger partial charge in [-0.1, -0.05) is 23.2 Å². The molecule has 2 aliphatic rings. The minimum Gasteiger partial charge on any atom is -0.455 e. The van der Waals surface area contributed by atoms with Gasteiger partial charge in [0.15, 0.2) is 5.75 Å². The molecule has 10 nitrogen and oxygen atoms in total. The van der Waals surface area contributed by atoms with Crippen molar-refractivity contribution in [2.45, 2.75) is 39.7 Å². The largest absolute Gasteiger partial charge is 0.455 e. The Labute approximate surface area is 255 Å². The molecule has 1 unspecified atom stereocenters. The third-order valence-electron chi connectivity index (χ3n) is 7.73. The van der Waals surface area contributed by atoms with Crippen molar-refractivity contribution in [3.05, 3.63) is 63.3 Å². The summed E-state index contributed by atoms with van der Waals surface area (Å²) < 4.78 is 7.88. The Morgan fingerprint density at radius 2 is 1.64 bits per heavy atom. The van der Waals surface area contributed by atoms with Crippen molar-refractivity contribution in [3.63, 3.8) is 0 Å². The second kappa shape index (κ2) is 12.3. The van der Waals surface area contributed by atoms with E-state index < -0.39 is 11.8 Å². The topological polar surface area (TPSA) is 100 Å². The van der Waals surface area contributed by atoms with Gasteiger partial charge in [0.05, 0.1) is 17.4 Å². The zero-order valence-electron chi connectivity index (χ0n) is 24.1. The molecule has 1 N–H and O–H groups in total. The Kier molecular flexibility index (Phi) is 8.77. The molecule has 2 saturated heterocycles. The maximum Gasteiger partial charge on any atom is 0.314 e. The number of halogens is 2. The SMILES string of the molecule is Cc1cc(N2CCCC(N3CCN(C(=O)C(=O)Nc4cc(Cl)ccc4Oc4c(C)cc(Cl)cc4C)CC3)C2=O)n(C)n1. The molecule has 0 spiro atoms. The lowest BCUT2D eigenvalue weighted by molar-refractivity contribution is -0.145. The van der Waals surface area contributed by atoms with Crippen LogP contribution in [-0.2, 0) is 21.4 Å². The number of carbonyl (C=O) groups excluding carboxylic acids is 3. The second-order valence-electron chi connectivity index (χ2n) is 10.8. The van der Waals surface area contributed by atoms with Crippen molar-refractivity contribution in [1.29, 1.82) is 0 Å². The smallest absolute Gasteiger partial charge is 0.314 e.